The zero-order valence-corrected chi connectivity index (χ0v) is 8.05. The number of anilines is 1. The van der Waals surface area contributed by atoms with E-state index in [1.165, 1.54) is 0 Å². The highest BCUT2D eigenvalue weighted by Crippen LogP contribution is 2.19. The molecule has 13 heavy (non-hydrogen) atoms. The van der Waals surface area contributed by atoms with Gasteiger partial charge in [0.1, 0.15) is 0 Å². The summed E-state index contributed by atoms with van der Waals surface area (Å²) in [7, 11) is 0. The monoisotopic (exact) mass is 196 g/mol. The van der Waals surface area contributed by atoms with Crippen molar-refractivity contribution < 1.29 is 4.74 Å². The van der Waals surface area contributed by atoms with Gasteiger partial charge in [-0.2, -0.15) is 0 Å². The summed E-state index contributed by atoms with van der Waals surface area (Å²) >= 11 is 5.85. The first kappa shape index (κ1) is 8.85. The number of hydrogen-bond acceptors (Lipinski definition) is 2. The number of halogens is 1. The van der Waals surface area contributed by atoms with Crippen molar-refractivity contribution in [2.24, 2.45) is 0 Å². The maximum atomic E-state index is 5.85. The SMILES string of the molecule is Clc1[c]c(N2CCOCC2)ccc1. The van der Waals surface area contributed by atoms with Gasteiger partial charge < -0.3 is 9.64 Å². The molecule has 0 atom stereocenters. The molecular formula is C10H11ClNO. The zero-order chi connectivity index (χ0) is 9.10. The predicted molar refractivity (Wildman–Crippen MR) is 53.3 cm³/mol. The Hall–Kier alpha value is -0.730. The molecule has 1 aromatic carbocycles. The summed E-state index contributed by atoms with van der Waals surface area (Å²) in [6.07, 6.45) is 0. The lowest BCUT2D eigenvalue weighted by Gasteiger charge is -2.28. The van der Waals surface area contributed by atoms with Gasteiger partial charge in [0.2, 0.25) is 0 Å². The average molecular weight is 197 g/mol. The van der Waals surface area contributed by atoms with E-state index in [1.807, 2.05) is 18.2 Å². The summed E-state index contributed by atoms with van der Waals surface area (Å²) in [6, 6.07) is 8.92. The van der Waals surface area contributed by atoms with Gasteiger partial charge in [0, 0.05) is 24.8 Å². The van der Waals surface area contributed by atoms with Crippen molar-refractivity contribution in [3.8, 4) is 0 Å². The molecule has 0 unspecified atom stereocenters. The van der Waals surface area contributed by atoms with Gasteiger partial charge in [-0.15, -0.1) is 0 Å². The molecule has 1 heterocycles. The molecule has 0 amide bonds. The fraction of sp³-hybridized carbons (Fsp3) is 0.400. The van der Waals surface area contributed by atoms with Crippen molar-refractivity contribution in [2.45, 2.75) is 0 Å². The second-order valence-corrected chi connectivity index (χ2v) is 3.39. The van der Waals surface area contributed by atoms with E-state index in [1.54, 1.807) is 0 Å². The van der Waals surface area contributed by atoms with E-state index in [4.69, 9.17) is 16.3 Å². The van der Waals surface area contributed by atoms with E-state index in [9.17, 15) is 0 Å². The van der Waals surface area contributed by atoms with E-state index in [0.29, 0.717) is 5.02 Å². The second-order valence-electron chi connectivity index (χ2n) is 2.98. The van der Waals surface area contributed by atoms with Gasteiger partial charge in [0.15, 0.2) is 0 Å². The van der Waals surface area contributed by atoms with Crippen LogP contribution in [0.25, 0.3) is 0 Å². The van der Waals surface area contributed by atoms with Crippen LogP contribution in [0.4, 0.5) is 5.69 Å². The summed E-state index contributed by atoms with van der Waals surface area (Å²) in [6.45, 7) is 3.44. The van der Waals surface area contributed by atoms with Gasteiger partial charge in [-0.3, -0.25) is 0 Å². The molecule has 2 rings (SSSR count). The summed E-state index contributed by atoms with van der Waals surface area (Å²) < 4.78 is 5.26. The van der Waals surface area contributed by atoms with Crippen LogP contribution < -0.4 is 4.90 Å². The van der Waals surface area contributed by atoms with Gasteiger partial charge in [0.05, 0.1) is 18.2 Å². The van der Waals surface area contributed by atoms with E-state index < -0.39 is 0 Å². The van der Waals surface area contributed by atoms with Gasteiger partial charge in [-0.05, 0) is 12.1 Å². The number of nitrogens with zero attached hydrogens (tertiary/aromatic N) is 1. The van der Waals surface area contributed by atoms with E-state index in [-0.39, 0.29) is 0 Å². The van der Waals surface area contributed by atoms with E-state index in [2.05, 4.69) is 11.0 Å². The van der Waals surface area contributed by atoms with Crippen molar-refractivity contribution >= 4 is 17.3 Å². The Morgan fingerprint density at radius 1 is 1.31 bits per heavy atom. The minimum absolute atomic E-state index is 0.670. The van der Waals surface area contributed by atoms with E-state index in [0.717, 1.165) is 32.0 Å². The third-order valence-corrected chi connectivity index (χ3v) is 2.32. The molecule has 0 aromatic heterocycles. The van der Waals surface area contributed by atoms with Crippen molar-refractivity contribution in [3.63, 3.8) is 0 Å². The Morgan fingerprint density at radius 2 is 2.08 bits per heavy atom. The molecule has 1 aliphatic rings. The smallest absolute Gasteiger partial charge is 0.0642 e. The third kappa shape index (κ3) is 2.14. The normalized spacial score (nSPS) is 17.5. The van der Waals surface area contributed by atoms with Crippen LogP contribution in [0.5, 0.6) is 0 Å². The largest absolute Gasteiger partial charge is 0.378 e. The number of ether oxygens (including phenoxy) is 1. The van der Waals surface area contributed by atoms with Gasteiger partial charge >= 0.3 is 0 Å². The molecule has 1 aromatic rings. The number of morpholine rings is 1. The molecule has 1 fully saturated rings. The van der Waals surface area contributed by atoms with Crippen molar-refractivity contribution in [1.82, 2.24) is 0 Å². The summed E-state index contributed by atoms with van der Waals surface area (Å²) in [5.41, 5.74) is 1.07. The molecule has 0 N–H and O–H groups in total. The van der Waals surface area contributed by atoms with Crippen molar-refractivity contribution in [3.05, 3.63) is 29.3 Å². The minimum Gasteiger partial charge on any atom is -0.378 e. The van der Waals surface area contributed by atoms with Crippen molar-refractivity contribution in [2.75, 3.05) is 31.2 Å². The quantitative estimate of drug-likeness (QED) is 0.681. The van der Waals surface area contributed by atoms with Crippen LogP contribution in [-0.2, 0) is 4.74 Å². The Morgan fingerprint density at radius 3 is 2.77 bits per heavy atom. The first-order valence-electron chi connectivity index (χ1n) is 4.37. The molecule has 0 bridgehead atoms. The fourth-order valence-corrected chi connectivity index (χ4v) is 1.59. The van der Waals surface area contributed by atoms with Crippen LogP contribution >= 0.6 is 11.6 Å². The zero-order valence-electron chi connectivity index (χ0n) is 7.29. The Kier molecular flexibility index (Phi) is 2.71. The van der Waals surface area contributed by atoms with Crippen molar-refractivity contribution in [1.29, 1.82) is 0 Å². The van der Waals surface area contributed by atoms with Crippen LogP contribution in [-0.4, -0.2) is 26.3 Å². The predicted octanol–water partition coefficient (Wildman–Crippen LogP) is 1.98. The van der Waals surface area contributed by atoms with Crippen LogP contribution in [0.1, 0.15) is 0 Å². The highest BCUT2D eigenvalue weighted by Gasteiger charge is 2.10. The third-order valence-electron chi connectivity index (χ3n) is 2.10. The Balaban J connectivity index is 2.14. The Bertz CT molecular complexity index is 284. The molecule has 1 aliphatic heterocycles. The summed E-state index contributed by atoms with van der Waals surface area (Å²) in [4.78, 5) is 2.23. The lowest BCUT2D eigenvalue weighted by molar-refractivity contribution is 0.122. The van der Waals surface area contributed by atoms with Crippen LogP contribution in [0.15, 0.2) is 18.2 Å². The second kappa shape index (κ2) is 3.99. The van der Waals surface area contributed by atoms with Crippen LogP contribution in [0.3, 0.4) is 0 Å². The number of benzene rings is 1. The molecule has 2 nitrogen and oxygen atoms in total. The molecule has 1 saturated heterocycles. The fourth-order valence-electron chi connectivity index (χ4n) is 1.42. The van der Waals surface area contributed by atoms with Gasteiger partial charge in [-0.1, -0.05) is 17.7 Å². The molecule has 0 aliphatic carbocycles. The lowest BCUT2D eigenvalue weighted by Crippen LogP contribution is -2.36. The topological polar surface area (TPSA) is 12.5 Å². The molecule has 0 spiro atoms. The number of rotatable bonds is 1. The molecule has 1 radical (unpaired) electrons. The molecule has 3 heteroatoms. The molecule has 69 valence electrons. The number of hydrogen-bond donors (Lipinski definition) is 0. The maximum Gasteiger partial charge on any atom is 0.0642 e. The maximum absolute atomic E-state index is 5.85. The lowest BCUT2D eigenvalue weighted by atomic mass is 10.2. The van der Waals surface area contributed by atoms with Crippen LogP contribution in [0, 0.1) is 6.07 Å². The standard InChI is InChI=1S/C10H11ClNO/c11-9-2-1-3-10(8-9)12-4-6-13-7-5-12/h1-3H,4-7H2. The first-order chi connectivity index (χ1) is 6.36. The highest BCUT2D eigenvalue weighted by atomic mass is 35.5. The Labute approximate surface area is 83.1 Å². The highest BCUT2D eigenvalue weighted by molar-refractivity contribution is 6.30. The summed E-state index contributed by atoms with van der Waals surface area (Å²) in [5, 5.41) is 0.670. The van der Waals surface area contributed by atoms with Gasteiger partial charge in [-0.25, -0.2) is 0 Å². The van der Waals surface area contributed by atoms with Gasteiger partial charge in [0.25, 0.3) is 0 Å². The summed E-state index contributed by atoms with van der Waals surface area (Å²) in [5.74, 6) is 0. The van der Waals surface area contributed by atoms with Crippen LogP contribution in [0.2, 0.25) is 5.02 Å². The molecule has 0 saturated carbocycles. The minimum atomic E-state index is 0.670. The molecular weight excluding hydrogens is 186 g/mol. The van der Waals surface area contributed by atoms with E-state index >= 15 is 0 Å². The first-order valence-corrected chi connectivity index (χ1v) is 4.74. The average Bonchev–Trinajstić information content (AvgIpc) is 2.19.